The van der Waals surface area contributed by atoms with E-state index in [0.29, 0.717) is 60.6 Å². The zero-order valence-electron chi connectivity index (χ0n) is 34.1. The maximum Gasteiger partial charge on any atom is 0.328 e. The summed E-state index contributed by atoms with van der Waals surface area (Å²) >= 11 is 0. The smallest absolute Gasteiger partial charge is 0.328 e. The number of amides is 4. The Morgan fingerprint density at radius 1 is 0.965 bits per heavy atom. The number of aromatic hydroxyl groups is 1. The molecule has 0 spiro atoms. The Bertz CT molecular complexity index is 1430. The quantitative estimate of drug-likeness (QED) is 0.0221. The largest absolute Gasteiger partial charge is 0.507 e. The van der Waals surface area contributed by atoms with Crippen molar-refractivity contribution in [2.75, 3.05) is 19.7 Å². The first-order valence-corrected chi connectivity index (χ1v) is 21.3. The second-order valence-corrected chi connectivity index (χ2v) is 15.4. The van der Waals surface area contributed by atoms with Crippen molar-refractivity contribution < 1.29 is 49.0 Å². The number of aliphatic imine (C=N–C) groups is 1. The molecule has 1 aromatic rings. The summed E-state index contributed by atoms with van der Waals surface area (Å²) < 4.78 is 11.7. The molecular formula is C42H67N5O10. The van der Waals surface area contributed by atoms with Crippen molar-refractivity contribution in [3.63, 3.8) is 0 Å². The summed E-state index contributed by atoms with van der Waals surface area (Å²) in [6, 6.07) is 3.37. The Kier molecular flexibility index (Phi) is 22.0. The zero-order valence-corrected chi connectivity index (χ0v) is 34.1. The second kappa shape index (κ2) is 26.6. The summed E-state index contributed by atoms with van der Waals surface area (Å²) in [4.78, 5) is 68.9. The van der Waals surface area contributed by atoms with Crippen molar-refractivity contribution in [2.24, 2.45) is 10.9 Å². The van der Waals surface area contributed by atoms with Gasteiger partial charge in [0.1, 0.15) is 30.5 Å². The van der Waals surface area contributed by atoms with Gasteiger partial charge in [0.2, 0.25) is 24.1 Å². The number of ether oxygens (including phenoxy) is 2. The van der Waals surface area contributed by atoms with Crippen LogP contribution >= 0.6 is 0 Å². The van der Waals surface area contributed by atoms with E-state index in [2.05, 4.69) is 22.5 Å². The van der Waals surface area contributed by atoms with Crippen LogP contribution < -0.4 is 10.6 Å². The van der Waals surface area contributed by atoms with Gasteiger partial charge in [-0.25, -0.2) is 19.9 Å². The summed E-state index contributed by atoms with van der Waals surface area (Å²) in [6.45, 7) is 3.97. The number of hydroxylamine groups is 4. The number of hydrogen-bond acceptors (Lipinski definition) is 11. The predicted molar refractivity (Wildman–Crippen MR) is 213 cm³/mol. The molecule has 3 rings (SSSR count). The van der Waals surface area contributed by atoms with Gasteiger partial charge in [0.05, 0.1) is 11.5 Å². The van der Waals surface area contributed by atoms with Crippen LogP contribution in [0.4, 0.5) is 0 Å². The molecule has 0 radical (unpaired) electrons. The zero-order chi connectivity index (χ0) is 41.4. The molecule has 4 amide bonds. The highest BCUT2D eigenvalue weighted by Crippen LogP contribution is 2.23. The molecule has 320 valence electrons. The lowest BCUT2D eigenvalue weighted by atomic mass is 9.96. The van der Waals surface area contributed by atoms with Gasteiger partial charge in [0.25, 0.3) is 5.91 Å². The van der Waals surface area contributed by atoms with Gasteiger partial charge in [-0.15, -0.1) is 0 Å². The summed E-state index contributed by atoms with van der Waals surface area (Å²) in [5.41, 5.74) is 0.327. The number of phenols is 1. The highest BCUT2D eigenvalue weighted by molar-refractivity contribution is 6.00. The third-order valence-electron chi connectivity index (χ3n) is 10.8. The van der Waals surface area contributed by atoms with Gasteiger partial charge in [-0.3, -0.25) is 29.6 Å². The molecule has 2 aliphatic heterocycles. The molecule has 2 aliphatic rings. The minimum absolute atomic E-state index is 0.0218. The van der Waals surface area contributed by atoms with Gasteiger partial charge in [-0.2, -0.15) is 0 Å². The molecule has 5 atom stereocenters. The minimum Gasteiger partial charge on any atom is -0.507 e. The van der Waals surface area contributed by atoms with Crippen LogP contribution in [-0.4, -0.2) is 106 Å². The Balaban J connectivity index is 1.66. The van der Waals surface area contributed by atoms with Crippen molar-refractivity contribution >= 4 is 36.0 Å². The van der Waals surface area contributed by atoms with Gasteiger partial charge >= 0.3 is 5.97 Å². The molecule has 5 unspecified atom stereocenters. The molecule has 15 nitrogen and oxygen atoms in total. The van der Waals surface area contributed by atoms with Crippen LogP contribution in [-0.2, 0) is 33.4 Å². The molecule has 0 bridgehead atoms. The van der Waals surface area contributed by atoms with Crippen LogP contribution in [0.3, 0.4) is 0 Å². The number of para-hydroxylation sites is 1. The van der Waals surface area contributed by atoms with Gasteiger partial charge in [0, 0.05) is 13.1 Å². The van der Waals surface area contributed by atoms with Gasteiger partial charge in [-0.1, -0.05) is 103 Å². The third-order valence-corrected chi connectivity index (χ3v) is 10.8. The van der Waals surface area contributed by atoms with Crippen molar-refractivity contribution in [3.8, 4) is 5.75 Å². The lowest BCUT2D eigenvalue weighted by Crippen LogP contribution is -2.51. The number of phenolic OH excluding ortho intramolecular Hbond substituents is 1. The Morgan fingerprint density at radius 3 is 2.25 bits per heavy atom. The standard InChI is InChI=1S/C42H67N5O10/c1-3-4-5-6-7-8-9-10-11-12-13-14-15-26-37(31(2)38(50)43-33-23-19-21-28-47(55)41(33)52)57-42(53)34(24-18-20-27-46(54)30-48)44-39(51)35-29-56-40(45-35)32-22-16-17-25-36(32)49/h16-17,22,25,30-31,33-35,37,49,54-55H,3-15,18-21,23-24,26-29H2,1-2H3,(H,43,50)(H,44,51). The molecule has 5 N–H and O–H groups in total. The SMILES string of the molecule is CCCCCCCCCCCCCCCC(OC(=O)C(CCCCN(O)C=O)NC(=O)C1COC(c2ccccc2O)=N1)C(C)C(=O)NC1CCCCN(O)C1=O. The number of esters is 1. The van der Waals surface area contributed by atoms with Crippen LogP contribution in [0.25, 0.3) is 0 Å². The minimum atomic E-state index is -1.15. The fourth-order valence-electron chi connectivity index (χ4n) is 7.14. The molecule has 1 fully saturated rings. The van der Waals surface area contributed by atoms with E-state index in [0.717, 1.165) is 25.7 Å². The van der Waals surface area contributed by atoms with Crippen molar-refractivity contribution in [2.45, 2.75) is 166 Å². The third kappa shape index (κ3) is 17.0. The fourth-order valence-corrected chi connectivity index (χ4v) is 7.14. The van der Waals surface area contributed by atoms with E-state index in [9.17, 15) is 39.5 Å². The Hall–Kier alpha value is -4.24. The normalized spacial score (nSPS) is 18.4. The molecular weight excluding hydrogens is 734 g/mol. The number of unbranched alkanes of at least 4 members (excludes halogenated alkanes) is 13. The van der Waals surface area contributed by atoms with E-state index >= 15 is 0 Å². The van der Waals surface area contributed by atoms with Gasteiger partial charge in [0.15, 0.2) is 6.04 Å². The molecule has 2 heterocycles. The number of benzene rings is 1. The maximum absolute atomic E-state index is 13.9. The molecule has 15 heteroatoms. The molecule has 57 heavy (non-hydrogen) atoms. The number of carbonyl (C=O) groups excluding carboxylic acids is 5. The molecule has 0 aromatic heterocycles. The molecule has 0 saturated carbocycles. The number of nitrogens with zero attached hydrogens (tertiary/aromatic N) is 3. The van der Waals surface area contributed by atoms with E-state index in [-0.39, 0.29) is 44.2 Å². The van der Waals surface area contributed by atoms with Crippen LogP contribution in [0.15, 0.2) is 29.3 Å². The lowest BCUT2D eigenvalue weighted by Gasteiger charge is -2.28. The van der Waals surface area contributed by atoms with E-state index in [1.54, 1.807) is 25.1 Å². The fraction of sp³-hybridized carbons (Fsp3) is 0.714. The average Bonchev–Trinajstić information content (AvgIpc) is 3.65. The second-order valence-electron chi connectivity index (χ2n) is 15.4. The number of carbonyl (C=O) groups is 5. The number of rotatable bonds is 28. The highest BCUT2D eigenvalue weighted by Gasteiger charge is 2.36. The van der Waals surface area contributed by atoms with Gasteiger partial charge < -0.3 is 25.2 Å². The summed E-state index contributed by atoms with van der Waals surface area (Å²) in [5.74, 6) is -3.23. The average molecular weight is 802 g/mol. The predicted octanol–water partition coefficient (Wildman–Crippen LogP) is 5.96. The first-order chi connectivity index (χ1) is 27.5. The molecule has 1 saturated heterocycles. The van der Waals surface area contributed by atoms with Gasteiger partial charge in [-0.05, 0) is 63.5 Å². The Morgan fingerprint density at radius 2 is 1.60 bits per heavy atom. The Labute approximate surface area is 337 Å². The highest BCUT2D eigenvalue weighted by atomic mass is 16.5. The molecule has 1 aromatic carbocycles. The summed E-state index contributed by atoms with van der Waals surface area (Å²) in [5, 5.41) is 36.5. The van der Waals surface area contributed by atoms with E-state index < -0.39 is 53.8 Å². The monoisotopic (exact) mass is 801 g/mol. The van der Waals surface area contributed by atoms with E-state index in [4.69, 9.17) is 9.47 Å². The van der Waals surface area contributed by atoms with Crippen molar-refractivity contribution in [1.29, 1.82) is 0 Å². The first-order valence-electron chi connectivity index (χ1n) is 21.3. The number of hydrogen-bond donors (Lipinski definition) is 5. The summed E-state index contributed by atoms with van der Waals surface area (Å²) in [6.07, 6.45) is 17.3. The van der Waals surface area contributed by atoms with Crippen LogP contribution in [0.2, 0.25) is 0 Å². The topological polar surface area (TPSA) is 207 Å². The van der Waals surface area contributed by atoms with E-state index in [1.165, 1.54) is 57.4 Å². The van der Waals surface area contributed by atoms with Crippen molar-refractivity contribution in [1.82, 2.24) is 20.8 Å². The first kappa shape index (κ1) is 47.1. The molecule has 0 aliphatic carbocycles. The maximum atomic E-state index is 13.9. The van der Waals surface area contributed by atoms with Crippen LogP contribution in [0, 0.1) is 5.92 Å². The number of nitrogens with one attached hydrogen (secondary N) is 2. The summed E-state index contributed by atoms with van der Waals surface area (Å²) in [7, 11) is 0. The van der Waals surface area contributed by atoms with Crippen LogP contribution in [0.5, 0.6) is 5.75 Å². The van der Waals surface area contributed by atoms with E-state index in [1.807, 2.05) is 0 Å². The van der Waals surface area contributed by atoms with Crippen molar-refractivity contribution in [3.05, 3.63) is 29.8 Å². The lowest BCUT2D eigenvalue weighted by molar-refractivity contribution is -0.167. The van der Waals surface area contributed by atoms with Crippen LogP contribution in [0.1, 0.15) is 148 Å².